The van der Waals surface area contributed by atoms with Gasteiger partial charge in [-0.05, 0) is 0 Å². The fraction of sp³-hybridized carbons (Fsp3) is 0.444. The summed E-state index contributed by atoms with van der Waals surface area (Å²) in [5, 5.41) is 5.19. The largest absolute Gasteiger partial charge is 0.296 e. The summed E-state index contributed by atoms with van der Waals surface area (Å²) >= 11 is 5.71. The number of aromatic nitrogens is 2. The first kappa shape index (κ1) is 13.2. The van der Waals surface area contributed by atoms with E-state index in [0.717, 1.165) is 0 Å². The maximum atomic E-state index is 11.8. The third kappa shape index (κ3) is 3.15. The van der Waals surface area contributed by atoms with E-state index in [1.807, 2.05) is 0 Å². The van der Waals surface area contributed by atoms with Crippen molar-refractivity contribution in [2.24, 2.45) is 11.1 Å². The van der Waals surface area contributed by atoms with E-state index < -0.39 is 10.0 Å². The van der Waals surface area contributed by atoms with Crippen molar-refractivity contribution in [3.63, 3.8) is 0 Å². The number of rotatable bonds is 3. The molecule has 2 N–H and O–H groups in total. The van der Waals surface area contributed by atoms with Crippen molar-refractivity contribution in [2.75, 3.05) is 17.2 Å². The molecule has 0 spiro atoms. The molecule has 98 valence electrons. The highest BCUT2D eigenvalue weighted by atomic mass is 35.5. The second-order valence-corrected chi connectivity index (χ2v) is 6.15. The molecule has 0 aromatic carbocycles. The van der Waals surface area contributed by atoms with Crippen LogP contribution in [-0.4, -0.2) is 36.6 Å². The van der Waals surface area contributed by atoms with E-state index in [2.05, 4.69) is 9.97 Å². The number of halogens is 1. The SMILES string of the molecule is NS(=O)(=O)CC1CC(=O)N(c2cc(Cl)ncn2)C1. The molecule has 1 aliphatic rings. The highest BCUT2D eigenvalue weighted by Crippen LogP contribution is 2.24. The molecular formula is C9H11ClN4O3S. The molecule has 7 nitrogen and oxygen atoms in total. The highest BCUT2D eigenvalue weighted by Gasteiger charge is 2.33. The summed E-state index contributed by atoms with van der Waals surface area (Å²) in [7, 11) is -3.58. The van der Waals surface area contributed by atoms with Crippen molar-refractivity contribution in [1.29, 1.82) is 0 Å². The predicted octanol–water partition coefficient (Wildman–Crippen LogP) is -0.229. The fourth-order valence-electron chi connectivity index (χ4n) is 1.92. The lowest BCUT2D eigenvalue weighted by Gasteiger charge is -2.15. The monoisotopic (exact) mass is 290 g/mol. The number of carbonyl (C=O) groups is 1. The lowest BCUT2D eigenvalue weighted by molar-refractivity contribution is -0.117. The van der Waals surface area contributed by atoms with Crippen LogP contribution in [0, 0.1) is 5.92 Å². The number of nitrogens with two attached hydrogens (primary N) is 1. The van der Waals surface area contributed by atoms with Gasteiger partial charge in [-0.15, -0.1) is 0 Å². The summed E-state index contributed by atoms with van der Waals surface area (Å²) < 4.78 is 22.0. The van der Waals surface area contributed by atoms with E-state index in [-0.39, 0.29) is 35.7 Å². The third-order valence-corrected chi connectivity index (χ3v) is 3.71. The number of hydrogen-bond acceptors (Lipinski definition) is 5. The highest BCUT2D eigenvalue weighted by molar-refractivity contribution is 7.89. The minimum Gasteiger partial charge on any atom is -0.296 e. The molecule has 0 bridgehead atoms. The van der Waals surface area contributed by atoms with Gasteiger partial charge in [0, 0.05) is 24.9 Å². The summed E-state index contributed by atoms with van der Waals surface area (Å²) in [5.74, 6) is -0.356. The Morgan fingerprint density at radius 2 is 2.22 bits per heavy atom. The topological polar surface area (TPSA) is 106 Å². The van der Waals surface area contributed by atoms with Gasteiger partial charge >= 0.3 is 0 Å². The molecule has 1 aromatic rings. The normalized spacial score (nSPS) is 20.4. The quantitative estimate of drug-likeness (QED) is 0.774. The molecule has 1 aliphatic heterocycles. The lowest BCUT2D eigenvalue weighted by atomic mass is 10.1. The Hall–Kier alpha value is -1.25. The summed E-state index contributed by atoms with van der Waals surface area (Å²) in [6, 6.07) is 1.46. The third-order valence-electron chi connectivity index (χ3n) is 2.57. The molecule has 1 amide bonds. The number of hydrogen-bond donors (Lipinski definition) is 1. The van der Waals surface area contributed by atoms with Crippen molar-refractivity contribution in [2.45, 2.75) is 6.42 Å². The molecule has 0 saturated carbocycles. The van der Waals surface area contributed by atoms with Crippen molar-refractivity contribution < 1.29 is 13.2 Å². The molecule has 0 radical (unpaired) electrons. The first-order valence-corrected chi connectivity index (χ1v) is 7.23. The van der Waals surface area contributed by atoms with Gasteiger partial charge in [0.1, 0.15) is 17.3 Å². The van der Waals surface area contributed by atoms with Crippen molar-refractivity contribution in [3.05, 3.63) is 17.5 Å². The zero-order valence-corrected chi connectivity index (χ0v) is 10.9. The van der Waals surface area contributed by atoms with Gasteiger partial charge in [0.05, 0.1) is 5.75 Å². The zero-order valence-electron chi connectivity index (χ0n) is 9.28. The molecule has 1 unspecified atom stereocenters. The predicted molar refractivity (Wildman–Crippen MR) is 65.5 cm³/mol. The average molecular weight is 291 g/mol. The Morgan fingerprint density at radius 1 is 1.50 bits per heavy atom. The Kier molecular flexibility index (Phi) is 3.51. The molecule has 9 heteroatoms. The van der Waals surface area contributed by atoms with Crippen LogP contribution in [0.2, 0.25) is 5.15 Å². The molecule has 1 fully saturated rings. The summed E-state index contributed by atoms with van der Waals surface area (Å²) in [4.78, 5) is 20.8. The molecule has 18 heavy (non-hydrogen) atoms. The average Bonchev–Trinajstić information content (AvgIpc) is 2.56. The lowest BCUT2D eigenvalue weighted by Crippen LogP contribution is -2.28. The molecule has 2 heterocycles. The molecule has 2 rings (SSSR count). The Balaban J connectivity index is 2.15. The van der Waals surface area contributed by atoms with Crippen molar-refractivity contribution in [1.82, 2.24) is 9.97 Å². The molecule has 0 aliphatic carbocycles. The van der Waals surface area contributed by atoms with Crippen LogP contribution in [-0.2, 0) is 14.8 Å². The van der Waals surface area contributed by atoms with Crippen LogP contribution in [0.3, 0.4) is 0 Å². The zero-order chi connectivity index (χ0) is 13.3. The second kappa shape index (κ2) is 4.79. The number of amides is 1. The van der Waals surface area contributed by atoms with E-state index in [1.165, 1.54) is 17.3 Å². The van der Waals surface area contributed by atoms with Gasteiger partial charge in [0.15, 0.2) is 0 Å². The van der Waals surface area contributed by atoms with Crippen LogP contribution >= 0.6 is 11.6 Å². The van der Waals surface area contributed by atoms with Gasteiger partial charge in [-0.3, -0.25) is 9.69 Å². The number of sulfonamides is 1. The van der Waals surface area contributed by atoms with Gasteiger partial charge in [-0.1, -0.05) is 11.6 Å². The van der Waals surface area contributed by atoms with Crippen LogP contribution in [0.4, 0.5) is 5.82 Å². The van der Waals surface area contributed by atoms with Crippen LogP contribution < -0.4 is 10.0 Å². The summed E-state index contributed by atoms with van der Waals surface area (Å²) in [6.45, 7) is 0.266. The van der Waals surface area contributed by atoms with E-state index in [9.17, 15) is 13.2 Å². The Morgan fingerprint density at radius 3 is 2.83 bits per heavy atom. The van der Waals surface area contributed by atoms with E-state index in [0.29, 0.717) is 5.82 Å². The van der Waals surface area contributed by atoms with Crippen LogP contribution in [0.25, 0.3) is 0 Å². The van der Waals surface area contributed by atoms with Crippen LogP contribution in [0.15, 0.2) is 12.4 Å². The van der Waals surface area contributed by atoms with Crippen LogP contribution in [0.1, 0.15) is 6.42 Å². The van der Waals surface area contributed by atoms with Gasteiger partial charge < -0.3 is 0 Å². The molecular weight excluding hydrogens is 280 g/mol. The number of anilines is 1. The number of carbonyl (C=O) groups excluding carboxylic acids is 1. The maximum absolute atomic E-state index is 11.8. The summed E-state index contributed by atoms with van der Waals surface area (Å²) in [5.41, 5.74) is 0. The van der Waals surface area contributed by atoms with Crippen molar-refractivity contribution >= 4 is 33.3 Å². The van der Waals surface area contributed by atoms with Gasteiger partial charge in [0.25, 0.3) is 0 Å². The van der Waals surface area contributed by atoms with Gasteiger partial charge in [0.2, 0.25) is 15.9 Å². The summed E-state index contributed by atoms with van der Waals surface area (Å²) in [6.07, 6.45) is 1.38. The van der Waals surface area contributed by atoms with Gasteiger partial charge in [-0.25, -0.2) is 23.5 Å². The minimum atomic E-state index is -3.58. The maximum Gasteiger partial charge on any atom is 0.228 e. The number of nitrogens with zero attached hydrogens (tertiary/aromatic N) is 3. The smallest absolute Gasteiger partial charge is 0.228 e. The first-order chi connectivity index (χ1) is 8.35. The Bertz CT molecular complexity index is 577. The van der Waals surface area contributed by atoms with E-state index in [1.54, 1.807) is 0 Å². The standard InChI is InChI=1S/C9H11ClN4O3S/c10-7-2-8(13-5-12-7)14-3-6(1-9(14)15)4-18(11,16)17/h2,5-6H,1,3-4H2,(H2,11,16,17). The molecule has 1 aromatic heterocycles. The van der Waals surface area contributed by atoms with E-state index >= 15 is 0 Å². The van der Waals surface area contributed by atoms with Gasteiger partial charge in [-0.2, -0.15) is 0 Å². The van der Waals surface area contributed by atoms with Crippen LogP contribution in [0.5, 0.6) is 0 Å². The number of primary sulfonamides is 1. The van der Waals surface area contributed by atoms with Crippen molar-refractivity contribution in [3.8, 4) is 0 Å². The van der Waals surface area contributed by atoms with E-state index in [4.69, 9.17) is 16.7 Å². The molecule has 1 saturated heterocycles. The fourth-order valence-corrected chi connectivity index (χ4v) is 2.94. The minimum absolute atomic E-state index is 0.137. The second-order valence-electron chi connectivity index (χ2n) is 4.10. The molecule has 1 atom stereocenters. The first-order valence-electron chi connectivity index (χ1n) is 5.13. The Labute approximate surface area is 109 Å².